The van der Waals surface area contributed by atoms with Crippen molar-refractivity contribution >= 4 is 11.9 Å². The van der Waals surface area contributed by atoms with E-state index < -0.39 is 11.7 Å². The second-order valence-corrected chi connectivity index (χ2v) is 7.62. The van der Waals surface area contributed by atoms with E-state index in [2.05, 4.69) is 25.8 Å². The number of hydrogen-bond acceptors (Lipinski definition) is 3. The third-order valence-corrected chi connectivity index (χ3v) is 5.19. The summed E-state index contributed by atoms with van der Waals surface area (Å²) in [4.78, 5) is 18.0. The third-order valence-electron chi connectivity index (χ3n) is 5.19. The number of aliphatic imine (C=N–C) groups is 1. The average Bonchev–Trinajstić information content (AvgIpc) is 3.45. The first-order valence-corrected chi connectivity index (χ1v) is 9.98. The van der Waals surface area contributed by atoms with E-state index in [9.17, 15) is 18.0 Å². The molecule has 160 valence electrons. The largest absolute Gasteiger partial charge is 0.416 e. The van der Waals surface area contributed by atoms with Gasteiger partial charge in [0.1, 0.15) is 0 Å². The summed E-state index contributed by atoms with van der Waals surface area (Å²) in [5, 5.41) is 9.47. The van der Waals surface area contributed by atoms with Gasteiger partial charge in [-0.1, -0.05) is 12.1 Å². The van der Waals surface area contributed by atoms with Crippen LogP contribution in [-0.4, -0.2) is 56.0 Å². The van der Waals surface area contributed by atoms with Crippen molar-refractivity contribution in [3.8, 4) is 0 Å². The minimum absolute atomic E-state index is 0.129. The molecule has 1 heterocycles. The molecule has 2 fully saturated rings. The van der Waals surface area contributed by atoms with E-state index in [-0.39, 0.29) is 17.9 Å². The van der Waals surface area contributed by atoms with Crippen LogP contribution in [0.15, 0.2) is 29.3 Å². The quantitative estimate of drug-likeness (QED) is 0.365. The van der Waals surface area contributed by atoms with Gasteiger partial charge in [-0.05, 0) is 37.0 Å². The van der Waals surface area contributed by atoms with Crippen LogP contribution < -0.4 is 16.0 Å². The van der Waals surface area contributed by atoms with E-state index in [0.29, 0.717) is 25.6 Å². The number of amides is 1. The maximum atomic E-state index is 12.7. The molecule has 1 aliphatic heterocycles. The minimum Gasteiger partial charge on any atom is -0.355 e. The summed E-state index contributed by atoms with van der Waals surface area (Å²) in [6.45, 7) is 3.43. The molecular weight excluding hydrogens is 383 g/mol. The summed E-state index contributed by atoms with van der Waals surface area (Å²) >= 11 is 0. The molecule has 0 radical (unpaired) electrons. The normalized spacial score (nSPS) is 20.6. The van der Waals surface area contributed by atoms with Crippen LogP contribution in [0.4, 0.5) is 13.2 Å². The Morgan fingerprint density at radius 3 is 2.45 bits per heavy atom. The maximum absolute atomic E-state index is 12.7. The molecule has 1 amide bonds. The zero-order valence-electron chi connectivity index (χ0n) is 16.6. The van der Waals surface area contributed by atoms with Gasteiger partial charge in [-0.3, -0.25) is 14.7 Å². The minimum atomic E-state index is -4.30. The van der Waals surface area contributed by atoms with E-state index in [1.54, 1.807) is 19.2 Å². The second-order valence-electron chi connectivity index (χ2n) is 7.62. The smallest absolute Gasteiger partial charge is 0.355 e. The first kappa shape index (κ1) is 21.4. The number of carbonyl (C=O) groups is 1. The number of alkyl halides is 3. The Morgan fingerprint density at radius 2 is 1.83 bits per heavy atom. The number of benzene rings is 1. The molecule has 3 N–H and O–H groups in total. The van der Waals surface area contributed by atoms with E-state index in [1.165, 1.54) is 0 Å². The first-order valence-electron chi connectivity index (χ1n) is 9.98. The molecule has 29 heavy (non-hydrogen) atoms. The Hall–Kier alpha value is -2.29. The van der Waals surface area contributed by atoms with Crippen molar-refractivity contribution in [3.63, 3.8) is 0 Å². The monoisotopic (exact) mass is 411 g/mol. The zero-order chi connectivity index (χ0) is 20.9. The number of nitrogens with one attached hydrogen (secondary N) is 3. The molecule has 1 atom stereocenters. The van der Waals surface area contributed by atoms with E-state index in [0.717, 1.165) is 50.0 Å². The van der Waals surface area contributed by atoms with Gasteiger partial charge in [0, 0.05) is 51.7 Å². The van der Waals surface area contributed by atoms with Gasteiger partial charge >= 0.3 is 6.18 Å². The van der Waals surface area contributed by atoms with Crippen LogP contribution in [0.5, 0.6) is 0 Å². The molecule has 3 rings (SSSR count). The summed E-state index contributed by atoms with van der Waals surface area (Å²) in [6, 6.07) is 5.57. The van der Waals surface area contributed by atoms with Crippen molar-refractivity contribution in [1.29, 1.82) is 0 Å². The first-order chi connectivity index (χ1) is 13.8. The Balaban J connectivity index is 1.37. The highest BCUT2D eigenvalue weighted by molar-refractivity contribution is 5.81. The molecule has 1 aliphatic carbocycles. The summed E-state index contributed by atoms with van der Waals surface area (Å²) in [7, 11) is 1.70. The van der Waals surface area contributed by atoms with Gasteiger partial charge in [-0.25, -0.2) is 0 Å². The number of hydrogen-bond donors (Lipinski definition) is 3. The van der Waals surface area contributed by atoms with Gasteiger partial charge in [0.25, 0.3) is 0 Å². The summed E-state index contributed by atoms with van der Waals surface area (Å²) < 4.78 is 38.0. The topological polar surface area (TPSA) is 68.8 Å². The van der Waals surface area contributed by atoms with Crippen LogP contribution in [0.3, 0.4) is 0 Å². The van der Waals surface area contributed by atoms with Gasteiger partial charge in [0.2, 0.25) is 5.91 Å². The lowest BCUT2D eigenvalue weighted by atomic mass is 10.1. The summed E-state index contributed by atoms with van der Waals surface area (Å²) in [5.74, 6) is 1.03. The molecule has 1 saturated carbocycles. The number of rotatable bonds is 7. The van der Waals surface area contributed by atoms with Crippen LogP contribution in [0.2, 0.25) is 0 Å². The third kappa shape index (κ3) is 6.62. The number of guanidine groups is 1. The Kier molecular flexibility index (Phi) is 7.00. The Labute approximate surface area is 168 Å². The lowest BCUT2D eigenvalue weighted by molar-refractivity contribution is -0.137. The van der Waals surface area contributed by atoms with Gasteiger partial charge in [-0.15, -0.1) is 0 Å². The SMILES string of the molecule is CN=C(NCCNC(=O)C1CC1)NC1CCN(Cc2ccc(C(F)(F)F)cc2)C1. The number of carbonyl (C=O) groups excluding carboxylic acids is 1. The maximum Gasteiger partial charge on any atom is 0.416 e. The fourth-order valence-corrected chi connectivity index (χ4v) is 3.40. The molecule has 1 unspecified atom stereocenters. The highest BCUT2D eigenvalue weighted by Crippen LogP contribution is 2.29. The molecule has 1 aromatic carbocycles. The van der Waals surface area contributed by atoms with Crippen LogP contribution in [0.1, 0.15) is 30.4 Å². The van der Waals surface area contributed by atoms with Crippen LogP contribution in [0.25, 0.3) is 0 Å². The zero-order valence-corrected chi connectivity index (χ0v) is 16.6. The van der Waals surface area contributed by atoms with Gasteiger partial charge < -0.3 is 16.0 Å². The average molecular weight is 411 g/mol. The van der Waals surface area contributed by atoms with Crippen molar-refractivity contribution in [2.45, 2.75) is 38.0 Å². The second kappa shape index (κ2) is 9.47. The fourth-order valence-electron chi connectivity index (χ4n) is 3.40. The van der Waals surface area contributed by atoms with Crippen LogP contribution >= 0.6 is 0 Å². The number of likely N-dealkylation sites (tertiary alicyclic amines) is 1. The van der Waals surface area contributed by atoms with Crippen molar-refractivity contribution in [2.24, 2.45) is 10.9 Å². The highest BCUT2D eigenvalue weighted by Gasteiger charge is 2.30. The molecule has 0 bridgehead atoms. The van der Waals surface area contributed by atoms with E-state index in [1.807, 2.05) is 0 Å². The number of halogens is 3. The van der Waals surface area contributed by atoms with Crippen molar-refractivity contribution in [2.75, 3.05) is 33.2 Å². The molecule has 0 aromatic heterocycles. The summed E-state index contributed by atoms with van der Waals surface area (Å²) in [6.07, 6.45) is -1.38. The molecule has 0 spiro atoms. The van der Waals surface area contributed by atoms with Crippen molar-refractivity contribution < 1.29 is 18.0 Å². The predicted molar refractivity (Wildman–Crippen MR) is 105 cm³/mol. The highest BCUT2D eigenvalue weighted by atomic mass is 19.4. The molecule has 1 saturated heterocycles. The van der Waals surface area contributed by atoms with Gasteiger partial charge in [0.05, 0.1) is 5.56 Å². The van der Waals surface area contributed by atoms with E-state index >= 15 is 0 Å². The lowest BCUT2D eigenvalue weighted by Gasteiger charge is -2.19. The Morgan fingerprint density at radius 1 is 1.14 bits per heavy atom. The van der Waals surface area contributed by atoms with Gasteiger partial charge in [0.15, 0.2) is 5.96 Å². The lowest BCUT2D eigenvalue weighted by Crippen LogP contribution is -2.46. The molecular formula is C20H28F3N5O. The van der Waals surface area contributed by atoms with Gasteiger partial charge in [-0.2, -0.15) is 13.2 Å². The van der Waals surface area contributed by atoms with Crippen molar-refractivity contribution in [1.82, 2.24) is 20.9 Å². The predicted octanol–water partition coefficient (Wildman–Crippen LogP) is 1.97. The fraction of sp³-hybridized carbons (Fsp3) is 0.600. The Bertz CT molecular complexity index is 716. The van der Waals surface area contributed by atoms with Crippen LogP contribution in [-0.2, 0) is 17.5 Å². The van der Waals surface area contributed by atoms with Crippen molar-refractivity contribution in [3.05, 3.63) is 35.4 Å². The summed E-state index contributed by atoms with van der Waals surface area (Å²) in [5.41, 5.74) is 0.248. The number of nitrogens with zero attached hydrogens (tertiary/aromatic N) is 2. The molecule has 1 aromatic rings. The molecule has 2 aliphatic rings. The van der Waals surface area contributed by atoms with Crippen LogP contribution in [0, 0.1) is 5.92 Å². The molecule has 9 heteroatoms. The van der Waals surface area contributed by atoms with E-state index in [4.69, 9.17) is 0 Å². The standard InChI is InChI=1S/C20H28F3N5O/c1-24-19(26-10-9-25-18(29)15-4-5-15)27-17-8-11-28(13-17)12-14-2-6-16(7-3-14)20(21,22)23/h2-3,6-7,15,17H,4-5,8-13H2,1H3,(H,25,29)(H2,24,26,27). The molecule has 6 nitrogen and oxygen atoms in total.